The van der Waals surface area contributed by atoms with E-state index in [1.54, 1.807) is 0 Å². The molecule has 0 saturated carbocycles. The van der Waals surface area contributed by atoms with Crippen molar-refractivity contribution in [1.82, 2.24) is 4.98 Å². The lowest BCUT2D eigenvalue weighted by atomic mass is 10.3. The summed E-state index contributed by atoms with van der Waals surface area (Å²) in [6, 6.07) is 2.16. The average molecular weight is 171 g/mol. The van der Waals surface area contributed by atoms with Gasteiger partial charge in [0.05, 0.1) is 6.20 Å². The number of carboxylic acids is 1. The van der Waals surface area contributed by atoms with Gasteiger partial charge in [-0.3, -0.25) is 0 Å². The van der Waals surface area contributed by atoms with E-state index in [0.717, 1.165) is 18.3 Å². The smallest absolute Gasteiger partial charge is 0.354 e. The molecule has 0 aliphatic rings. The molecule has 0 fully saturated rings. The zero-order valence-electron chi connectivity index (χ0n) is 6.91. The Morgan fingerprint density at radius 3 is 2.42 bits per heavy atom. The molecule has 1 aromatic heterocycles. The van der Waals surface area contributed by atoms with E-state index in [0.29, 0.717) is 0 Å². The normalized spacial score (nSPS) is 8.25. The molecule has 1 aromatic rings. The van der Waals surface area contributed by atoms with Crippen molar-refractivity contribution in [1.29, 1.82) is 0 Å². The second kappa shape index (κ2) is 5.23. The number of nitrogens with zero attached hydrogens (tertiary/aromatic N) is 1. The topological polar surface area (TPSA) is 50.2 Å². The van der Waals surface area contributed by atoms with Gasteiger partial charge in [-0.15, -0.1) is 0 Å². The second-order valence-electron chi connectivity index (χ2n) is 1.67. The third-order valence-corrected chi connectivity index (χ3v) is 0.947. The Balaban J connectivity index is 0.000000561. The highest BCUT2D eigenvalue weighted by molar-refractivity contribution is 5.85. The fraction of sp³-hybridized carbons (Fsp3) is 0.250. The highest BCUT2D eigenvalue weighted by atomic mass is 19.1. The Morgan fingerprint density at radius 2 is 2.08 bits per heavy atom. The quantitative estimate of drug-likeness (QED) is 0.702. The summed E-state index contributed by atoms with van der Waals surface area (Å²) in [5.74, 6) is -1.69. The zero-order chi connectivity index (χ0) is 9.56. The minimum Gasteiger partial charge on any atom is -0.477 e. The number of rotatable bonds is 1. The first-order chi connectivity index (χ1) is 5.70. The van der Waals surface area contributed by atoms with Gasteiger partial charge in [0.1, 0.15) is 11.5 Å². The van der Waals surface area contributed by atoms with Gasteiger partial charge >= 0.3 is 5.97 Å². The van der Waals surface area contributed by atoms with Crippen molar-refractivity contribution in [2.75, 3.05) is 0 Å². The maximum atomic E-state index is 12.1. The number of aromatic carboxylic acids is 1. The van der Waals surface area contributed by atoms with E-state index in [1.807, 2.05) is 13.8 Å². The predicted octanol–water partition coefficient (Wildman–Crippen LogP) is 1.95. The molecule has 0 unspecified atom stereocenters. The summed E-state index contributed by atoms with van der Waals surface area (Å²) in [5, 5.41) is 8.29. The molecule has 12 heavy (non-hydrogen) atoms. The summed E-state index contributed by atoms with van der Waals surface area (Å²) in [6.07, 6.45) is 0.865. The summed E-state index contributed by atoms with van der Waals surface area (Å²) >= 11 is 0. The number of hydrogen-bond donors (Lipinski definition) is 1. The molecular formula is C8H10FNO2. The first kappa shape index (κ1) is 10.6. The van der Waals surface area contributed by atoms with Crippen LogP contribution >= 0.6 is 0 Å². The number of halogens is 1. The maximum Gasteiger partial charge on any atom is 0.354 e. The number of carbonyl (C=O) groups is 1. The fourth-order valence-electron chi connectivity index (χ4n) is 0.502. The first-order valence-corrected chi connectivity index (χ1v) is 3.55. The fourth-order valence-corrected chi connectivity index (χ4v) is 0.502. The molecule has 1 rings (SSSR count). The summed E-state index contributed by atoms with van der Waals surface area (Å²) in [5.41, 5.74) is -0.151. The predicted molar refractivity (Wildman–Crippen MR) is 42.5 cm³/mol. The van der Waals surface area contributed by atoms with Crippen LogP contribution in [0.15, 0.2) is 18.3 Å². The Labute approximate surface area is 69.9 Å². The molecule has 4 heteroatoms. The van der Waals surface area contributed by atoms with Gasteiger partial charge in [-0.05, 0) is 12.1 Å². The number of aromatic nitrogens is 1. The maximum absolute atomic E-state index is 12.1. The SMILES string of the molecule is CC.O=C(O)c1ccc(F)cn1. The molecule has 0 aliphatic heterocycles. The molecule has 0 spiro atoms. The van der Waals surface area contributed by atoms with Crippen molar-refractivity contribution in [2.24, 2.45) is 0 Å². The van der Waals surface area contributed by atoms with Crippen LogP contribution < -0.4 is 0 Å². The molecule has 0 atom stereocenters. The lowest BCUT2D eigenvalue weighted by Gasteiger charge is -1.89. The molecule has 0 saturated heterocycles. The Morgan fingerprint density at radius 1 is 1.50 bits per heavy atom. The van der Waals surface area contributed by atoms with Gasteiger partial charge in [0.25, 0.3) is 0 Å². The average Bonchev–Trinajstić information content (AvgIpc) is 2.09. The van der Waals surface area contributed by atoms with Crippen LogP contribution in [0.25, 0.3) is 0 Å². The highest BCUT2D eigenvalue weighted by Crippen LogP contribution is 1.96. The third kappa shape index (κ3) is 3.09. The van der Waals surface area contributed by atoms with E-state index in [-0.39, 0.29) is 5.69 Å². The largest absolute Gasteiger partial charge is 0.477 e. The summed E-state index contributed by atoms with van der Waals surface area (Å²) < 4.78 is 12.1. The molecule has 1 heterocycles. The lowest BCUT2D eigenvalue weighted by molar-refractivity contribution is 0.0690. The number of pyridine rings is 1. The number of hydrogen-bond acceptors (Lipinski definition) is 2. The lowest BCUT2D eigenvalue weighted by Crippen LogP contribution is -1.98. The van der Waals surface area contributed by atoms with Crippen LogP contribution in [-0.4, -0.2) is 16.1 Å². The van der Waals surface area contributed by atoms with Gasteiger partial charge in [0.2, 0.25) is 0 Å². The summed E-state index contributed by atoms with van der Waals surface area (Å²) in [6.45, 7) is 4.00. The van der Waals surface area contributed by atoms with Crippen molar-refractivity contribution in [2.45, 2.75) is 13.8 Å². The summed E-state index contributed by atoms with van der Waals surface area (Å²) in [4.78, 5) is 13.4. The summed E-state index contributed by atoms with van der Waals surface area (Å²) in [7, 11) is 0. The van der Waals surface area contributed by atoms with Crippen LogP contribution in [0.5, 0.6) is 0 Å². The van der Waals surface area contributed by atoms with Crippen LogP contribution in [0.3, 0.4) is 0 Å². The van der Waals surface area contributed by atoms with E-state index in [9.17, 15) is 9.18 Å². The highest BCUT2D eigenvalue weighted by Gasteiger charge is 2.01. The van der Waals surface area contributed by atoms with Crippen molar-refractivity contribution < 1.29 is 14.3 Å². The van der Waals surface area contributed by atoms with Gasteiger partial charge in [-0.1, -0.05) is 13.8 Å². The van der Waals surface area contributed by atoms with Crippen LogP contribution in [0.1, 0.15) is 24.3 Å². The van der Waals surface area contributed by atoms with E-state index >= 15 is 0 Å². The minimum atomic E-state index is -1.15. The molecule has 1 N–H and O–H groups in total. The van der Waals surface area contributed by atoms with Crippen molar-refractivity contribution >= 4 is 5.97 Å². The van der Waals surface area contributed by atoms with Gasteiger partial charge in [-0.2, -0.15) is 0 Å². The zero-order valence-corrected chi connectivity index (χ0v) is 6.91. The molecule has 66 valence electrons. The molecule has 0 aromatic carbocycles. The molecule has 0 aliphatic carbocycles. The first-order valence-electron chi connectivity index (χ1n) is 3.55. The van der Waals surface area contributed by atoms with Gasteiger partial charge < -0.3 is 5.11 Å². The standard InChI is InChI=1S/C6H4FNO2.C2H6/c7-4-1-2-5(6(9)10)8-3-4;1-2/h1-3H,(H,9,10);1-2H3. The van der Waals surface area contributed by atoms with E-state index < -0.39 is 11.8 Å². The second-order valence-corrected chi connectivity index (χ2v) is 1.67. The Bertz CT molecular complexity index is 246. The van der Waals surface area contributed by atoms with Crippen LogP contribution in [0.4, 0.5) is 4.39 Å². The van der Waals surface area contributed by atoms with Gasteiger partial charge in [-0.25, -0.2) is 14.2 Å². The Kier molecular flexibility index (Phi) is 4.60. The van der Waals surface area contributed by atoms with Gasteiger partial charge in [0, 0.05) is 0 Å². The van der Waals surface area contributed by atoms with Crippen LogP contribution in [-0.2, 0) is 0 Å². The van der Waals surface area contributed by atoms with Gasteiger partial charge in [0.15, 0.2) is 0 Å². The van der Waals surface area contributed by atoms with Crippen molar-refractivity contribution in [3.8, 4) is 0 Å². The van der Waals surface area contributed by atoms with Crippen molar-refractivity contribution in [3.05, 3.63) is 29.8 Å². The van der Waals surface area contributed by atoms with E-state index in [2.05, 4.69) is 4.98 Å². The van der Waals surface area contributed by atoms with E-state index in [1.165, 1.54) is 0 Å². The minimum absolute atomic E-state index is 0.151. The monoisotopic (exact) mass is 171 g/mol. The van der Waals surface area contributed by atoms with Crippen LogP contribution in [0, 0.1) is 5.82 Å². The molecular weight excluding hydrogens is 161 g/mol. The Hall–Kier alpha value is -1.45. The van der Waals surface area contributed by atoms with Crippen molar-refractivity contribution in [3.63, 3.8) is 0 Å². The molecule has 0 radical (unpaired) electrons. The third-order valence-electron chi connectivity index (χ3n) is 0.947. The molecule has 3 nitrogen and oxygen atoms in total. The van der Waals surface area contributed by atoms with Crippen LogP contribution in [0.2, 0.25) is 0 Å². The molecule has 0 bridgehead atoms. The van der Waals surface area contributed by atoms with E-state index in [4.69, 9.17) is 5.11 Å². The number of carboxylic acid groups (broad SMARTS) is 1. The molecule has 0 amide bonds.